The van der Waals surface area contributed by atoms with Crippen LogP contribution in [0.1, 0.15) is 42.0 Å². The molecule has 2 aromatic carbocycles. The zero-order chi connectivity index (χ0) is 24.0. The molecule has 0 bridgehead atoms. The topological polar surface area (TPSA) is 35.6 Å². The molecular weight excluding hydrogens is 429 g/mol. The lowest BCUT2D eigenvalue weighted by Gasteiger charge is -2.18. The van der Waals surface area contributed by atoms with Crippen molar-refractivity contribution in [3.63, 3.8) is 0 Å². The fourth-order valence-corrected chi connectivity index (χ4v) is 3.60. The number of rotatable bonds is 8. The Morgan fingerprint density at radius 2 is 1.79 bits per heavy atom. The van der Waals surface area contributed by atoms with Crippen molar-refractivity contribution >= 4 is 5.69 Å². The second-order valence-electron chi connectivity index (χ2n) is 7.89. The molecule has 4 nitrogen and oxygen atoms in total. The third-order valence-corrected chi connectivity index (χ3v) is 5.25. The number of alkyl halides is 3. The van der Waals surface area contributed by atoms with Crippen molar-refractivity contribution in [3.05, 3.63) is 98.6 Å². The van der Waals surface area contributed by atoms with E-state index < -0.39 is 23.0 Å². The van der Waals surface area contributed by atoms with Gasteiger partial charge in [-0.05, 0) is 42.2 Å². The molecule has 0 aliphatic carbocycles. The lowest BCUT2D eigenvalue weighted by molar-refractivity contribution is -0.136. The van der Waals surface area contributed by atoms with Crippen LogP contribution in [0.15, 0.2) is 59.4 Å². The summed E-state index contributed by atoms with van der Waals surface area (Å²) in [6.07, 6.45) is -2.83. The highest BCUT2D eigenvalue weighted by molar-refractivity contribution is 5.66. The van der Waals surface area contributed by atoms with Crippen LogP contribution in [0.25, 0.3) is 16.1 Å². The van der Waals surface area contributed by atoms with Crippen LogP contribution in [0.5, 0.6) is 0 Å². The Kier molecular flexibility index (Phi) is 7.72. The molecule has 3 aromatic rings. The van der Waals surface area contributed by atoms with Crippen molar-refractivity contribution in [3.8, 4) is 11.3 Å². The molecule has 0 fully saturated rings. The van der Waals surface area contributed by atoms with Gasteiger partial charge in [-0.25, -0.2) is 4.85 Å². The number of benzene rings is 2. The van der Waals surface area contributed by atoms with E-state index >= 15 is 0 Å². The standard InChI is InChI=1S/C26H25F3N2O2/c1-4-5-12-33-17-20-10-7-9-19(14-20)16-31-23(21-11-6-8-18(2)13-21)15-22(26(27,28)29)24(30-3)25(31)32/h6-11,13-15H,4-5,12,16-17H2,1-2H3. The van der Waals surface area contributed by atoms with Gasteiger partial charge in [0.1, 0.15) is 0 Å². The molecule has 0 spiro atoms. The first-order valence-electron chi connectivity index (χ1n) is 10.7. The molecule has 1 aromatic heterocycles. The molecule has 0 radical (unpaired) electrons. The number of pyridine rings is 1. The van der Waals surface area contributed by atoms with Gasteiger partial charge in [-0.2, -0.15) is 13.2 Å². The minimum Gasteiger partial charge on any atom is -0.377 e. The number of nitrogens with zero attached hydrogens (tertiary/aromatic N) is 2. The maximum atomic E-state index is 13.7. The Bertz CT molecular complexity index is 1220. The first-order valence-corrected chi connectivity index (χ1v) is 10.7. The summed E-state index contributed by atoms with van der Waals surface area (Å²) in [6, 6.07) is 15.2. The van der Waals surface area contributed by atoms with Crippen molar-refractivity contribution in [1.82, 2.24) is 4.57 Å². The van der Waals surface area contributed by atoms with Crippen LogP contribution < -0.4 is 5.56 Å². The van der Waals surface area contributed by atoms with Gasteiger partial charge in [0.2, 0.25) is 0 Å². The van der Waals surface area contributed by atoms with Gasteiger partial charge in [-0.15, -0.1) is 0 Å². The van der Waals surface area contributed by atoms with E-state index in [0.717, 1.165) is 35.6 Å². The Morgan fingerprint density at radius 1 is 1.06 bits per heavy atom. The maximum Gasteiger partial charge on any atom is 0.407 e. The summed E-state index contributed by atoms with van der Waals surface area (Å²) in [4.78, 5) is 16.0. The summed E-state index contributed by atoms with van der Waals surface area (Å²) < 4.78 is 47.9. The Labute approximate surface area is 191 Å². The summed E-state index contributed by atoms with van der Waals surface area (Å²) in [6.45, 7) is 12.2. The van der Waals surface area contributed by atoms with Crippen LogP contribution in [-0.4, -0.2) is 11.2 Å². The molecular formula is C26H25F3N2O2. The van der Waals surface area contributed by atoms with Crippen molar-refractivity contribution in [2.75, 3.05) is 6.61 Å². The molecule has 0 atom stereocenters. The lowest BCUT2D eigenvalue weighted by atomic mass is 10.0. The SMILES string of the molecule is [C-]#[N+]c1c(C(F)(F)F)cc(-c2cccc(C)c2)n(Cc2cccc(COCCCC)c2)c1=O. The fraction of sp³-hybridized carbons (Fsp3) is 0.308. The van der Waals surface area contributed by atoms with Crippen LogP contribution in [0, 0.1) is 13.5 Å². The van der Waals surface area contributed by atoms with Gasteiger partial charge in [0.15, 0.2) is 0 Å². The zero-order valence-corrected chi connectivity index (χ0v) is 18.6. The normalized spacial score (nSPS) is 11.4. The van der Waals surface area contributed by atoms with E-state index in [1.807, 2.05) is 31.2 Å². The molecule has 0 saturated heterocycles. The van der Waals surface area contributed by atoms with E-state index in [1.54, 1.807) is 24.3 Å². The van der Waals surface area contributed by atoms with Crippen molar-refractivity contribution in [2.24, 2.45) is 0 Å². The molecule has 7 heteroatoms. The van der Waals surface area contributed by atoms with Crippen molar-refractivity contribution in [2.45, 2.75) is 46.0 Å². The van der Waals surface area contributed by atoms with Gasteiger partial charge in [-0.3, -0.25) is 4.79 Å². The Hall–Kier alpha value is -3.37. The van der Waals surface area contributed by atoms with E-state index in [4.69, 9.17) is 11.3 Å². The van der Waals surface area contributed by atoms with Gasteiger partial charge in [0.25, 0.3) is 11.2 Å². The van der Waals surface area contributed by atoms with Crippen molar-refractivity contribution < 1.29 is 17.9 Å². The number of aryl methyl sites for hydroxylation is 1. The number of hydrogen-bond donors (Lipinski definition) is 0. The van der Waals surface area contributed by atoms with Crippen LogP contribution in [0.2, 0.25) is 0 Å². The molecule has 0 N–H and O–H groups in total. The summed E-state index contributed by atoms with van der Waals surface area (Å²) in [5, 5.41) is 0. The van der Waals surface area contributed by atoms with E-state index in [-0.39, 0.29) is 12.2 Å². The van der Waals surface area contributed by atoms with Crippen LogP contribution in [0.4, 0.5) is 18.9 Å². The summed E-state index contributed by atoms with van der Waals surface area (Å²) in [7, 11) is 0. The molecule has 0 unspecified atom stereocenters. The smallest absolute Gasteiger partial charge is 0.377 e. The summed E-state index contributed by atoms with van der Waals surface area (Å²) in [5.74, 6) is 0. The predicted octanol–water partition coefficient (Wildman–Crippen LogP) is 6.76. The molecule has 1 heterocycles. The predicted molar refractivity (Wildman–Crippen MR) is 122 cm³/mol. The highest BCUT2D eigenvalue weighted by Gasteiger charge is 2.36. The van der Waals surface area contributed by atoms with Gasteiger partial charge < -0.3 is 9.30 Å². The zero-order valence-electron chi connectivity index (χ0n) is 18.6. The average molecular weight is 454 g/mol. The Morgan fingerprint density at radius 3 is 2.45 bits per heavy atom. The fourth-order valence-electron chi connectivity index (χ4n) is 3.60. The van der Waals surface area contributed by atoms with Gasteiger partial charge in [0, 0.05) is 18.8 Å². The van der Waals surface area contributed by atoms with Crippen LogP contribution in [-0.2, 0) is 24.1 Å². The van der Waals surface area contributed by atoms with Gasteiger partial charge in [-0.1, -0.05) is 61.4 Å². The average Bonchev–Trinajstić information content (AvgIpc) is 2.77. The molecule has 0 aliphatic rings. The third kappa shape index (κ3) is 5.91. The van der Waals surface area contributed by atoms with Gasteiger partial charge >= 0.3 is 6.18 Å². The lowest BCUT2D eigenvalue weighted by Crippen LogP contribution is -2.25. The van der Waals surface area contributed by atoms with E-state index in [9.17, 15) is 18.0 Å². The maximum absolute atomic E-state index is 13.7. The highest BCUT2D eigenvalue weighted by Crippen LogP contribution is 2.37. The number of hydrogen-bond acceptors (Lipinski definition) is 2. The van der Waals surface area contributed by atoms with E-state index in [1.165, 1.54) is 4.57 Å². The number of unbranched alkanes of at least 4 members (excludes halogenated alkanes) is 1. The quantitative estimate of drug-likeness (QED) is 0.279. The minimum absolute atomic E-state index is 0.0333. The second kappa shape index (κ2) is 10.5. The van der Waals surface area contributed by atoms with E-state index in [2.05, 4.69) is 11.8 Å². The molecule has 33 heavy (non-hydrogen) atoms. The first kappa shape index (κ1) is 24.3. The molecule has 0 saturated carbocycles. The Balaban J connectivity index is 2.10. The third-order valence-electron chi connectivity index (χ3n) is 5.25. The van der Waals surface area contributed by atoms with Gasteiger partial charge in [0.05, 0.1) is 18.7 Å². The van der Waals surface area contributed by atoms with Crippen LogP contribution >= 0.6 is 0 Å². The molecule has 0 amide bonds. The number of ether oxygens (including phenoxy) is 1. The number of halogens is 3. The minimum atomic E-state index is -4.81. The highest BCUT2D eigenvalue weighted by atomic mass is 19.4. The first-order chi connectivity index (χ1) is 15.7. The van der Waals surface area contributed by atoms with Crippen LogP contribution in [0.3, 0.4) is 0 Å². The molecule has 3 rings (SSSR count). The largest absolute Gasteiger partial charge is 0.407 e. The van der Waals surface area contributed by atoms with E-state index in [0.29, 0.717) is 18.8 Å². The number of aromatic nitrogens is 1. The van der Waals surface area contributed by atoms with Crippen molar-refractivity contribution in [1.29, 1.82) is 0 Å². The second-order valence-corrected chi connectivity index (χ2v) is 7.89. The molecule has 0 aliphatic heterocycles. The monoisotopic (exact) mass is 454 g/mol. The summed E-state index contributed by atoms with van der Waals surface area (Å²) >= 11 is 0. The summed E-state index contributed by atoms with van der Waals surface area (Å²) in [5.41, 5.74) is -0.00156. The molecule has 172 valence electrons.